The van der Waals surface area contributed by atoms with Gasteiger partial charge in [0.15, 0.2) is 5.13 Å². The number of piperidine rings is 1. The Kier molecular flexibility index (Phi) is 4.22. The van der Waals surface area contributed by atoms with Crippen molar-refractivity contribution in [1.82, 2.24) is 9.88 Å². The summed E-state index contributed by atoms with van der Waals surface area (Å²) in [5, 5.41) is 4.57. The number of anilines is 1. The molecule has 1 aliphatic heterocycles. The number of fused-ring (bicyclic) bond motifs is 1. The molecule has 1 fully saturated rings. The molecule has 0 unspecified atom stereocenters. The number of aryl methyl sites for hydroxylation is 1. The third kappa shape index (κ3) is 3.30. The Morgan fingerprint density at radius 2 is 2.15 bits per heavy atom. The molecule has 0 saturated carbocycles. The van der Waals surface area contributed by atoms with Gasteiger partial charge in [0.05, 0.1) is 10.2 Å². The van der Waals surface area contributed by atoms with Crippen molar-refractivity contribution in [2.45, 2.75) is 26.2 Å². The van der Waals surface area contributed by atoms with Crippen molar-refractivity contribution in [3.8, 4) is 0 Å². The highest BCUT2D eigenvalue weighted by Crippen LogP contribution is 2.27. The van der Waals surface area contributed by atoms with Gasteiger partial charge in [-0.2, -0.15) is 0 Å². The van der Waals surface area contributed by atoms with Gasteiger partial charge in [0.25, 0.3) is 0 Å². The second-order valence-corrected chi connectivity index (χ2v) is 6.98. The lowest BCUT2D eigenvalue weighted by atomic mass is 9.94. The largest absolute Gasteiger partial charge is 0.361 e. The van der Waals surface area contributed by atoms with Gasteiger partial charge in [0.1, 0.15) is 0 Å². The van der Waals surface area contributed by atoms with E-state index in [2.05, 4.69) is 47.4 Å². The molecule has 3 nitrogen and oxygen atoms in total. The molecule has 0 bridgehead atoms. The smallest absolute Gasteiger partial charge is 0.183 e. The Bertz CT molecular complexity index is 570. The number of hydrogen-bond donors (Lipinski definition) is 1. The van der Waals surface area contributed by atoms with E-state index in [1.807, 2.05) is 0 Å². The maximum Gasteiger partial charge on any atom is 0.183 e. The average Bonchev–Trinajstić information content (AvgIpc) is 2.83. The van der Waals surface area contributed by atoms with E-state index in [0.29, 0.717) is 0 Å². The van der Waals surface area contributed by atoms with Crippen molar-refractivity contribution in [2.24, 2.45) is 5.92 Å². The van der Waals surface area contributed by atoms with Crippen molar-refractivity contribution in [3.63, 3.8) is 0 Å². The summed E-state index contributed by atoms with van der Waals surface area (Å²) >= 11 is 1.76. The average molecular weight is 289 g/mol. The third-order valence-electron chi connectivity index (χ3n) is 4.21. The highest BCUT2D eigenvalue weighted by Gasteiger charge is 2.16. The van der Waals surface area contributed by atoms with Crippen LogP contribution >= 0.6 is 11.3 Å². The summed E-state index contributed by atoms with van der Waals surface area (Å²) in [5.74, 6) is 0.885. The van der Waals surface area contributed by atoms with E-state index in [9.17, 15) is 0 Å². The zero-order valence-electron chi connectivity index (χ0n) is 12.4. The normalized spacial score (nSPS) is 17.7. The molecule has 4 heteroatoms. The molecule has 1 aromatic heterocycles. The number of nitrogens with zero attached hydrogens (tertiary/aromatic N) is 2. The van der Waals surface area contributed by atoms with Crippen molar-refractivity contribution >= 4 is 26.7 Å². The van der Waals surface area contributed by atoms with Crippen LogP contribution in [0.15, 0.2) is 18.2 Å². The molecule has 20 heavy (non-hydrogen) atoms. The SMILES string of the molecule is Cc1ccc2sc(NCCC3CCN(C)CC3)nc2c1. The van der Waals surface area contributed by atoms with Crippen LogP contribution in [0.4, 0.5) is 5.13 Å². The minimum Gasteiger partial charge on any atom is -0.361 e. The predicted molar refractivity (Wildman–Crippen MR) is 87.7 cm³/mol. The van der Waals surface area contributed by atoms with Crippen LogP contribution in [-0.2, 0) is 0 Å². The number of nitrogens with one attached hydrogen (secondary N) is 1. The lowest BCUT2D eigenvalue weighted by Gasteiger charge is -2.28. The molecule has 2 heterocycles. The number of rotatable bonds is 4. The van der Waals surface area contributed by atoms with Crippen LogP contribution in [0.3, 0.4) is 0 Å². The van der Waals surface area contributed by atoms with Gasteiger partial charge in [-0.25, -0.2) is 4.98 Å². The summed E-state index contributed by atoms with van der Waals surface area (Å²) in [7, 11) is 2.22. The van der Waals surface area contributed by atoms with Crippen LogP contribution in [0.25, 0.3) is 10.2 Å². The van der Waals surface area contributed by atoms with E-state index in [1.165, 1.54) is 42.6 Å². The fourth-order valence-electron chi connectivity index (χ4n) is 2.85. The molecule has 0 amide bonds. The Hall–Kier alpha value is -1.13. The van der Waals surface area contributed by atoms with Crippen molar-refractivity contribution < 1.29 is 0 Å². The number of likely N-dealkylation sites (tertiary alicyclic amines) is 1. The van der Waals surface area contributed by atoms with Gasteiger partial charge in [-0.1, -0.05) is 17.4 Å². The van der Waals surface area contributed by atoms with E-state index in [4.69, 9.17) is 0 Å². The maximum atomic E-state index is 4.67. The Morgan fingerprint density at radius 1 is 1.35 bits per heavy atom. The molecular weight excluding hydrogens is 266 g/mol. The summed E-state index contributed by atoms with van der Waals surface area (Å²) in [6.07, 6.45) is 3.96. The van der Waals surface area contributed by atoms with Crippen LogP contribution < -0.4 is 5.32 Å². The van der Waals surface area contributed by atoms with E-state index in [1.54, 1.807) is 11.3 Å². The highest BCUT2D eigenvalue weighted by molar-refractivity contribution is 7.22. The molecule has 0 spiro atoms. The highest BCUT2D eigenvalue weighted by atomic mass is 32.1. The second kappa shape index (κ2) is 6.10. The summed E-state index contributed by atoms with van der Waals surface area (Å²) in [5.41, 5.74) is 2.40. The zero-order valence-corrected chi connectivity index (χ0v) is 13.2. The van der Waals surface area contributed by atoms with Gasteiger partial charge in [-0.3, -0.25) is 0 Å². The molecule has 0 radical (unpaired) electrons. The fraction of sp³-hybridized carbons (Fsp3) is 0.562. The molecule has 108 valence electrons. The van der Waals surface area contributed by atoms with E-state index < -0.39 is 0 Å². The first kappa shape index (κ1) is 13.8. The molecule has 0 atom stereocenters. The Labute approximate surface area is 125 Å². The molecule has 0 aliphatic carbocycles. The lowest BCUT2D eigenvalue weighted by molar-refractivity contribution is 0.215. The fourth-order valence-corrected chi connectivity index (χ4v) is 3.72. The molecule has 1 aromatic carbocycles. The van der Waals surface area contributed by atoms with Crippen molar-refractivity contribution in [3.05, 3.63) is 23.8 Å². The first-order chi connectivity index (χ1) is 9.70. The quantitative estimate of drug-likeness (QED) is 0.929. The molecule has 1 saturated heterocycles. The lowest BCUT2D eigenvalue weighted by Crippen LogP contribution is -2.30. The standard InChI is InChI=1S/C16H23N3S/c1-12-3-4-15-14(11-12)18-16(20-15)17-8-5-13-6-9-19(2)10-7-13/h3-4,11,13H,5-10H2,1-2H3,(H,17,18). The van der Waals surface area contributed by atoms with Crippen LogP contribution in [0.1, 0.15) is 24.8 Å². The van der Waals surface area contributed by atoms with Gasteiger partial charge in [0.2, 0.25) is 0 Å². The van der Waals surface area contributed by atoms with Crippen molar-refractivity contribution in [1.29, 1.82) is 0 Å². The first-order valence-electron chi connectivity index (χ1n) is 7.50. The first-order valence-corrected chi connectivity index (χ1v) is 8.32. The summed E-state index contributed by atoms with van der Waals surface area (Å²) in [4.78, 5) is 7.10. The second-order valence-electron chi connectivity index (χ2n) is 5.95. The van der Waals surface area contributed by atoms with Gasteiger partial charge < -0.3 is 10.2 Å². The van der Waals surface area contributed by atoms with Gasteiger partial charge in [0, 0.05) is 6.54 Å². The number of thiazole rings is 1. The van der Waals surface area contributed by atoms with Crippen LogP contribution in [0.2, 0.25) is 0 Å². The number of aromatic nitrogens is 1. The summed E-state index contributed by atoms with van der Waals surface area (Å²) in [6, 6.07) is 6.49. The van der Waals surface area contributed by atoms with E-state index in [-0.39, 0.29) is 0 Å². The molecule has 1 N–H and O–H groups in total. The Balaban J connectivity index is 1.52. The van der Waals surface area contributed by atoms with Gasteiger partial charge >= 0.3 is 0 Å². The molecule has 3 rings (SSSR count). The van der Waals surface area contributed by atoms with E-state index >= 15 is 0 Å². The minimum atomic E-state index is 0.885. The van der Waals surface area contributed by atoms with Gasteiger partial charge in [-0.15, -0.1) is 0 Å². The van der Waals surface area contributed by atoms with Crippen LogP contribution in [-0.4, -0.2) is 36.6 Å². The van der Waals surface area contributed by atoms with Crippen molar-refractivity contribution in [2.75, 3.05) is 32.0 Å². The van der Waals surface area contributed by atoms with Crippen LogP contribution in [0, 0.1) is 12.8 Å². The van der Waals surface area contributed by atoms with E-state index in [0.717, 1.165) is 23.1 Å². The number of benzene rings is 1. The zero-order chi connectivity index (χ0) is 13.9. The van der Waals surface area contributed by atoms with Crippen LogP contribution in [0.5, 0.6) is 0 Å². The summed E-state index contributed by atoms with van der Waals surface area (Å²) < 4.78 is 1.28. The minimum absolute atomic E-state index is 0.885. The Morgan fingerprint density at radius 3 is 2.95 bits per heavy atom. The topological polar surface area (TPSA) is 28.2 Å². The summed E-state index contributed by atoms with van der Waals surface area (Å²) in [6.45, 7) is 5.68. The monoisotopic (exact) mass is 289 g/mol. The molecular formula is C16H23N3S. The molecule has 1 aliphatic rings. The maximum absolute atomic E-state index is 4.67. The van der Waals surface area contributed by atoms with Gasteiger partial charge in [-0.05, 0) is 69.9 Å². The third-order valence-corrected chi connectivity index (χ3v) is 5.20. The predicted octanol–water partition coefficient (Wildman–Crippen LogP) is 3.75. The number of hydrogen-bond acceptors (Lipinski definition) is 4. The molecule has 2 aromatic rings.